The van der Waals surface area contributed by atoms with Crippen molar-refractivity contribution in [3.8, 4) is 0 Å². The molecule has 0 atom stereocenters. The number of carbonyl (C=O) groups is 1. The van der Waals surface area contributed by atoms with Crippen LogP contribution >= 0.6 is 0 Å². The average Bonchev–Trinajstić information content (AvgIpc) is 2.25. The molecular weight excluding hydrogens is 238 g/mol. The molecule has 0 aromatic carbocycles. The van der Waals surface area contributed by atoms with Crippen LogP contribution in [-0.2, 0) is 4.79 Å². The van der Waals surface area contributed by atoms with E-state index in [0.29, 0.717) is 5.56 Å². The van der Waals surface area contributed by atoms with E-state index < -0.39 is 16.3 Å². The summed E-state index contributed by atoms with van der Waals surface area (Å²) in [7, 11) is 0. The first-order valence-electron chi connectivity index (χ1n) is 5.33. The standard InChI is InChI=1S/C11H15N3O4/c1-7-4-5-12-9(8(7)14(17)18)13-6-11(2,3)10(15)16/h4-5H,6H2,1-3H3,(H,12,13)(H,15,16). The number of aromatic nitrogens is 1. The third-order valence-corrected chi connectivity index (χ3v) is 2.59. The lowest BCUT2D eigenvalue weighted by Crippen LogP contribution is -2.32. The number of aryl methyl sites for hydroxylation is 1. The van der Waals surface area contributed by atoms with Gasteiger partial charge in [-0.25, -0.2) is 4.98 Å². The van der Waals surface area contributed by atoms with Gasteiger partial charge in [-0.2, -0.15) is 0 Å². The molecule has 18 heavy (non-hydrogen) atoms. The predicted molar refractivity (Wildman–Crippen MR) is 65.5 cm³/mol. The number of carboxylic acids is 1. The molecule has 0 aliphatic rings. The minimum atomic E-state index is -1.03. The van der Waals surface area contributed by atoms with Gasteiger partial charge in [0.25, 0.3) is 0 Å². The molecule has 0 aliphatic carbocycles. The second kappa shape index (κ2) is 4.99. The molecule has 1 rings (SSSR count). The number of pyridine rings is 1. The molecule has 0 aliphatic heterocycles. The zero-order chi connectivity index (χ0) is 13.9. The summed E-state index contributed by atoms with van der Waals surface area (Å²) in [6.45, 7) is 4.72. The molecule has 2 N–H and O–H groups in total. The highest BCUT2D eigenvalue weighted by atomic mass is 16.6. The van der Waals surface area contributed by atoms with Crippen LogP contribution in [0.25, 0.3) is 0 Å². The highest BCUT2D eigenvalue weighted by Crippen LogP contribution is 2.26. The molecule has 0 spiro atoms. The number of nitrogens with one attached hydrogen (secondary N) is 1. The predicted octanol–water partition coefficient (Wildman–Crippen LogP) is 1.82. The van der Waals surface area contributed by atoms with Crippen LogP contribution in [0.3, 0.4) is 0 Å². The molecular formula is C11H15N3O4. The Kier molecular flexibility index (Phi) is 3.85. The third kappa shape index (κ3) is 2.93. The van der Waals surface area contributed by atoms with Crippen LogP contribution in [0.2, 0.25) is 0 Å². The van der Waals surface area contributed by atoms with E-state index in [0.717, 1.165) is 0 Å². The fourth-order valence-corrected chi connectivity index (χ4v) is 1.29. The first-order chi connectivity index (χ1) is 8.25. The monoisotopic (exact) mass is 253 g/mol. The molecule has 0 bridgehead atoms. The number of hydrogen-bond acceptors (Lipinski definition) is 5. The van der Waals surface area contributed by atoms with Crippen LogP contribution in [0.15, 0.2) is 12.3 Å². The van der Waals surface area contributed by atoms with E-state index >= 15 is 0 Å². The lowest BCUT2D eigenvalue weighted by Gasteiger charge is -2.19. The van der Waals surface area contributed by atoms with Crippen LogP contribution in [0.1, 0.15) is 19.4 Å². The number of nitrogens with zero attached hydrogens (tertiary/aromatic N) is 2. The maximum atomic E-state index is 10.9. The zero-order valence-electron chi connectivity index (χ0n) is 10.4. The molecule has 1 aromatic rings. The zero-order valence-corrected chi connectivity index (χ0v) is 10.4. The largest absolute Gasteiger partial charge is 0.481 e. The maximum absolute atomic E-state index is 10.9. The molecule has 0 amide bonds. The molecule has 1 heterocycles. The highest BCUT2D eigenvalue weighted by Gasteiger charge is 2.28. The number of hydrogen-bond donors (Lipinski definition) is 2. The van der Waals surface area contributed by atoms with Gasteiger partial charge in [0.05, 0.1) is 10.3 Å². The number of aliphatic carboxylic acids is 1. The third-order valence-electron chi connectivity index (χ3n) is 2.59. The van der Waals surface area contributed by atoms with E-state index in [1.54, 1.807) is 6.92 Å². The van der Waals surface area contributed by atoms with Crippen molar-refractivity contribution in [3.63, 3.8) is 0 Å². The first kappa shape index (κ1) is 13.9. The summed E-state index contributed by atoms with van der Waals surface area (Å²) in [5.41, 5.74) is -0.677. The van der Waals surface area contributed by atoms with E-state index in [-0.39, 0.29) is 18.1 Å². The van der Waals surface area contributed by atoms with Gasteiger partial charge in [-0.05, 0) is 26.8 Å². The Balaban J connectivity index is 2.96. The Bertz CT molecular complexity index is 485. The summed E-state index contributed by atoms with van der Waals surface area (Å²) in [6.07, 6.45) is 1.44. The SMILES string of the molecule is Cc1ccnc(NCC(C)(C)C(=O)O)c1[N+](=O)[O-]. The van der Waals surface area contributed by atoms with Crippen LogP contribution < -0.4 is 5.32 Å². The van der Waals surface area contributed by atoms with E-state index in [1.807, 2.05) is 0 Å². The van der Waals surface area contributed by atoms with Gasteiger partial charge >= 0.3 is 11.7 Å². The quantitative estimate of drug-likeness (QED) is 0.612. The van der Waals surface area contributed by atoms with Crippen molar-refractivity contribution in [2.24, 2.45) is 5.41 Å². The molecule has 7 heteroatoms. The van der Waals surface area contributed by atoms with Gasteiger partial charge in [-0.1, -0.05) is 0 Å². The molecule has 0 fully saturated rings. The Hall–Kier alpha value is -2.18. The Morgan fingerprint density at radius 3 is 2.72 bits per heavy atom. The van der Waals surface area contributed by atoms with Crippen LogP contribution in [0, 0.1) is 22.5 Å². The van der Waals surface area contributed by atoms with E-state index in [2.05, 4.69) is 10.3 Å². The first-order valence-corrected chi connectivity index (χ1v) is 5.33. The molecule has 7 nitrogen and oxygen atoms in total. The summed E-state index contributed by atoms with van der Waals surface area (Å²) in [5.74, 6) is -0.889. The molecule has 98 valence electrons. The second-order valence-electron chi connectivity index (χ2n) is 4.62. The van der Waals surface area contributed by atoms with Crippen molar-refractivity contribution in [1.82, 2.24) is 4.98 Å². The topological polar surface area (TPSA) is 105 Å². The maximum Gasteiger partial charge on any atom is 0.314 e. The highest BCUT2D eigenvalue weighted by molar-refractivity contribution is 5.74. The fraction of sp³-hybridized carbons (Fsp3) is 0.455. The van der Waals surface area contributed by atoms with Crippen LogP contribution in [0.5, 0.6) is 0 Å². The van der Waals surface area contributed by atoms with Gasteiger partial charge in [0, 0.05) is 18.3 Å². The summed E-state index contributed by atoms with van der Waals surface area (Å²) in [4.78, 5) is 25.2. The van der Waals surface area contributed by atoms with E-state index in [1.165, 1.54) is 26.1 Å². The van der Waals surface area contributed by atoms with Crippen molar-refractivity contribution in [1.29, 1.82) is 0 Å². The summed E-state index contributed by atoms with van der Waals surface area (Å²) >= 11 is 0. The second-order valence-corrected chi connectivity index (χ2v) is 4.62. The lowest BCUT2D eigenvalue weighted by molar-refractivity contribution is -0.384. The molecule has 0 saturated heterocycles. The van der Waals surface area contributed by atoms with Gasteiger partial charge in [-0.15, -0.1) is 0 Å². The van der Waals surface area contributed by atoms with Gasteiger partial charge in [0.2, 0.25) is 5.82 Å². The van der Waals surface area contributed by atoms with Crippen LogP contribution in [0.4, 0.5) is 11.5 Å². The number of rotatable bonds is 5. The van der Waals surface area contributed by atoms with Gasteiger partial charge in [0.1, 0.15) is 0 Å². The number of anilines is 1. The Morgan fingerprint density at radius 2 is 2.22 bits per heavy atom. The van der Waals surface area contributed by atoms with Gasteiger partial charge in [0.15, 0.2) is 0 Å². The minimum absolute atomic E-state index is 0.0552. The van der Waals surface area contributed by atoms with E-state index in [4.69, 9.17) is 5.11 Å². The molecule has 0 saturated carbocycles. The molecule has 0 unspecified atom stereocenters. The number of carboxylic acid groups (broad SMARTS) is 1. The van der Waals surface area contributed by atoms with Crippen molar-refractivity contribution in [3.05, 3.63) is 27.9 Å². The fourth-order valence-electron chi connectivity index (χ4n) is 1.29. The average molecular weight is 253 g/mol. The molecule has 1 aromatic heterocycles. The summed E-state index contributed by atoms with van der Waals surface area (Å²) in [5, 5.41) is 22.6. The summed E-state index contributed by atoms with van der Waals surface area (Å²) in [6, 6.07) is 1.53. The van der Waals surface area contributed by atoms with Crippen LogP contribution in [-0.4, -0.2) is 27.5 Å². The minimum Gasteiger partial charge on any atom is -0.481 e. The molecule has 0 radical (unpaired) electrons. The number of nitro groups is 1. The summed E-state index contributed by atoms with van der Waals surface area (Å²) < 4.78 is 0. The Labute approximate surface area is 104 Å². The van der Waals surface area contributed by atoms with E-state index in [9.17, 15) is 14.9 Å². The van der Waals surface area contributed by atoms with Gasteiger partial charge < -0.3 is 10.4 Å². The van der Waals surface area contributed by atoms with Crippen molar-refractivity contribution in [2.75, 3.05) is 11.9 Å². The van der Waals surface area contributed by atoms with Crippen molar-refractivity contribution in [2.45, 2.75) is 20.8 Å². The lowest BCUT2D eigenvalue weighted by atomic mass is 9.94. The normalized spacial score (nSPS) is 11.1. The Morgan fingerprint density at radius 1 is 1.61 bits per heavy atom. The van der Waals surface area contributed by atoms with Gasteiger partial charge in [-0.3, -0.25) is 14.9 Å². The smallest absolute Gasteiger partial charge is 0.314 e. The van der Waals surface area contributed by atoms with Crippen molar-refractivity contribution < 1.29 is 14.8 Å². The van der Waals surface area contributed by atoms with Crippen molar-refractivity contribution >= 4 is 17.5 Å².